The summed E-state index contributed by atoms with van der Waals surface area (Å²) in [7, 11) is 0. The number of hydrogen-bond donors (Lipinski definition) is 0. The van der Waals surface area contributed by atoms with Crippen molar-refractivity contribution in [2.24, 2.45) is 0 Å². The van der Waals surface area contributed by atoms with Gasteiger partial charge in [0.1, 0.15) is 6.61 Å². The van der Waals surface area contributed by atoms with Gasteiger partial charge >= 0.3 is 0 Å². The molecule has 0 N–H and O–H groups in total. The van der Waals surface area contributed by atoms with Crippen molar-refractivity contribution in [2.75, 3.05) is 6.61 Å². The number of allylic oxidation sites excluding steroid dienone is 1. The highest BCUT2D eigenvalue weighted by Gasteiger charge is 2.13. The molecule has 0 amide bonds. The van der Waals surface area contributed by atoms with Crippen LogP contribution in [0.15, 0.2) is 83.3 Å². The molecule has 0 saturated carbocycles. The van der Waals surface area contributed by atoms with Crippen LogP contribution in [0, 0.1) is 18.3 Å². The summed E-state index contributed by atoms with van der Waals surface area (Å²) in [6.45, 7) is 4.95. The molecule has 0 radical (unpaired) electrons. The molecule has 4 heteroatoms. The van der Waals surface area contributed by atoms with Crippen LogP contribution in [0.5, 0.6) is 11.5 Å². The summed E-state index contributed by atoms with van der Waals surface area (Å²) in [6.07, 6.45) is 1.88. The zero-order valence-corrected chi connectivity index (χ0v) is 20.2. The number of nitrogens with zero attached hydrogens (tertiary/aromatic N) is 1. The molecule has 0 aliphatic rings. The third kappa shape index (κ3) is 5.45. The molecular weight excluding hydrogens is 474 g/mol. The molecule has 0 unspecified atom stereocenters. The minimum absolute atomic E-state index is 0.439. The van der Waals surface area contributed by atoms with Gasteiger partial charge in [-0.1, -0.05) is 66.2 Å². The van der Waals surface area contributed by atoms with Gasteiger partial charge in [0.05, 0.1) is 22.7 Å². The highest BCUT2D eigenvalue weighted by Crippen LogP contribution is 2.38. The zero-order valence-electron chi connectivity index (χ0n) is 18.6. The quantitative estimate of drug-likeness (QED) is 0.192. The molecule has 0 bridgehead atoms. The molecule has 4 rings (SSSR count). The van der Waals surface area contributed by atoms with E-state index < -0.39 is 0 Å². The number of nitriles is 1. The summed E-state index contributed by atoms with van der Waals surface area (Å²) in [5.74, 6) is 1.29. The third-order valence-electron chi connectivity index (χ3n) is 5.33. The van der Waals surface area contributed by atoms with Crippen molar-refractivity contribution in [3.8, 4) is 17.6 Å². The normalized spacial score (nSPS) is 11.3. The second-order valence-corrected chi connectivity index (χ2v) is 8.62. The van der Waals surface area contributed by atoms with Gasteiger partial charge in [0.25, 0.3) is 0 Å². The van der Waals surface area contributed by atoms with Crippen molar-refractivity contribution in [3.63, 3.8) is 0 Å². The predicted molar refractivity (Wildman–Crippen MR) is 138 cm³/mol. The summed E-state index contributed by atoms with van der Waals surface area (Å²) in [5, 5.41) is 12.1. The lowest BCUT2D eigenvalue weighted by molar-refractivity contribution is 0.267. The SMILES string of the molecule is CCOc1cc(C=C(C#N)c2ccc3ccccc3c2)cc(Br)c1OCc1ccc(C)cc1. The lowest BCUT2D eigenvalue weighted by atomic mass is 10.00. The number of ether oxygens (including phenoxy) is 2. The monoisotopic (exact) mass is 497 g/mol. The Balaban J connectivity index is 1.65. The standard InChI is InChI=1S/C29H24BrNO2/c1-3-32-28-16-22(15-27(30)29(28)33-19-21-10-8-20(2)9-11-21)14-26(18-31)25-13-12-23-6-4-5-7-24(23)17-25/h4-17H,3,19H2,1-2H3. The minimum atomic E-state index is 0.439. The van der Waals surface area contributed by atoms with Crippen molar-refractivity contribution >= 4 is 38.4 Å². The number of halogens is 1. The Morgan fingerprint density at radius 2 is 1.70 bits per heavy atom. The first kappa shape index (κ1) is 22.6. The first-order valence-electron chi connectivity index (χ1n) is 10.8. The van der Waals surface area contributed by atoms with Crippen LogP contribution in [0.4, 0.5) is 0 Å². The fourth-order valence-electron chi connectivity index (χ4n) is 3.62. The molecule has 0 atom stereocenters. The van der Waals surface area contributed by atoms with Crippen molar-refractivity contribution in [1.82, 2.24) is 0 Å². The number of fused-ring (bicyclic) bond motifs is 1. The van der Waals surface area contributed by atoms with Crippen LogP contribution in [0.2, 0.25) is 0 Å². The molecule has 164 valence electrons. The van der Waals surface area contributed by atoms with Gasteiger partial charge in [-0.15, -0.1) is 0 Å². The van der Waals surface area contributed by atoms with Crippen LogP contribution in [0.3, 0.4) is 0 Å². The summed E-state index contributed by atoms with van der Waals surface area (Å²) in [6, 6.07) is 28.7. The van der Waals surface area contributed by atoms with Crippen molar-refractivity contribution < 1.29 is 9.47 Å². The highest BCUT2D eigenvalue weighted by atomic mass is 79.9. The molecular formula is C29H24BrNO2. The van der Waals surface area contributed by atoms with E-state index in [9.17, 15) is 5.26 Å². The Kier molecular flexibility index (Phi) is 7.12. The maximum atomic E-state index is 9.85. The molecule has 0 saturated heterocycles. The van der Waals surface area contributed by atoms with Gasteiger partial charge < -0.3 is 9.47 Å². The van der Waals surface area contributed by atoms with Crippen LogP contribution in [0.25, 0.3) is 22.4 Å². The van der Waals surface area contributed by atoms with Gasteiger partial charge in [0, 0.05) is 0 Å². The number of benzene rings is 4. The van der Waals surface area contributed by atoms with Crippen LogP contribution < -0.4 is 9.47 Å². The van der Waals surface area contributed by atoms with E-state index in [0.29, 0.717) is 30.3 Å². The third-order valence-corrected chi connectivity index (χ3v) is 5.92. The molecule has 0 heterocycles. The molecule has 33 heavy (non-hydrogen) atoms. The van der Waals surface area contributed by atoms with Gasteiger partial charge in [-0.25, -0.2) is 0 Å². The average Bonchev–Trinajstić information content (AvgIpc) is 2.83. The summed E-state index contributed by atoms with van der Waals surface area (Å²) in [4.78, 5) is 0. The van der Waals surface area contributed by atoms with Gasteiger partial charge in [-0.05, 0) is 81.5 Å². The van der Waals surface area contributed by atoms with E-state index in [2.05, 4.69) is 65.3 Å². The molecule has 0 aliphatic heterocycles. The Morgan fingerprint density at radius 3 is 2.42 bits per heavy atom. The molecule has 0 aromatic heterocycles. The summed E-state index contributed by atoms with van der Waals surface area (Å²) >= 11 is 3.64. The second-order valence-electron chi connectivity index (χ2n) is 7.77. The average molecular weight is 498 g/mol. The molecule has 4 aromatic rings. The fourth-order valence-corrected chi connectivity index (χ4v) is 4.19. The number of rotatable bonds is 7. The zero-order chi connectivity index (χ0) is 23.2. The van der Waals surface area contributed by atoms with E-state index in [-0.39, 0.29) is 0 Å². The topological polar surface area (TPSA) is 42.2 Å². The Morgan fingerprint density at radius 1 is 0.939 bits per heavy atom. The van der Waals surface area contributed by atoms with E-state index in [0.717, 1.165) is 31.9 Å². The van der Waals surface area contributed by atoms with E-state index >= 15 is 0 Å². The molecule has 0 aliphatic carbocycles. The maximum absolute atomic E-state index is 9.85. The summed E-state index contributed by atoms with van der Waals surface area (Å²) in [5.41, 5.74) is 4.62. The van der Waals surface area contributed by atoms with Gasteiger partial charge in [-0.3, -0.25) is 0 Å². The van der Waals surface area contributed by atoms with Gasteiger partial charge in [-0.2, -0.15) is 5.26 Å². The molecule has 0 fully saturated rings. The molecule has 4 aromatic carbocycles. The van der Waals surface area contributed by atoms with Crippen LogP contribution in [0.1, 0.15) is 29.2 Å². The molecule has 3 nitrogen and oxygen atoms in total. The van der Waals surface area contributed by atoms with Crippen molar-refractivity contribution in [2.45, 2.75) is 20.5 Å². The van der Waals surface area contributed by atoms with Crippen molar-refractivity contribution in [3.05, 3.63) is 106 Å². The first-order valence-corrected chi connectivity index (χ1v) is 11.6. The van der Waals surface area contributed by atoms with Crippen LogP contribution in [-0.2, 0) is 6.61 Å². The largest absolute Gasteiger partial charge is 0.490 e. The highest BCUT2D eigenvalue weighted by molar-refractivity contribution is 9.10. The number of hydrogen-bond acceptors (Lipinski definition) is 3. The maximum Gasteiger partial charge on any atom is 0.175 e. The van der Waals surface area contributed by atoms with Crippen molar-refractivity contribution in [1.29, 1.82) is 5.26 Å². The Bertz CT molecular complexity index is 1350. The number of aryl methyl sites for hydroxylation is 1. The summed E-state index contributed by atoms with van der Waals surface area (Å²) < 4.78 is 12.8. The van der Waals surface area contributed by atoms with Gasteiger partial charge in [0.15, 0.2) is 11.5 Å². The lowest BCUT2D eigenvalue weighted by Gasteiger charge is -2.15. The van der Waals surface area contributed by atoms with E-state index in [1.165, 1.54) is 5.56 Å². The Hall–Kier alpha value is -3.55. The molecule has 0 spiro atoms. The van der Waals surface area contributed by atoms with Crippen LogP contribution >= 0.6 is 15.9 Å². The second kappa shape index (κ2) is 10.4. The van der Waals surface area contributed by atoms with E-state index in [4.69, 9.17) is 9.47 Å². The predicted octanol–water partition coefficient (Wildman–Crippen LogP) is 7.95. The van der Waals surface area contributed by atoms with E-state index in [1.54, 1.807) is 0 Å². The first-order chi connectivity index (χ1) is 16.1. The smallest absolute Gasteiger partial charge is 0.175 e. The fraction of sp³-hybridized carbons (Fsp3) is 0.138. The lowest BCUT2D eigenvalue weighted by Crippen LogP contribution is -2.01. The minimum Gasteiger partial charge on any atom is -0.490 e. The van der Waals surface area contributed by atoms with Gasteiger partial charge in [0.2, 0.25) is 0 Å². The van der Waals surface area contributed by atoms with Crippen LogP contribution in [-0.4, -0.2) is 6.61 Å². The Labute approximate surface area is 203 Å². The van der Waals surface area contributed by atoms with E-state index in [1.807, 2.05) is 55.5 Å².